The van der Waals surface area contributed by atoms with E-state index in [2.05, 4.69) is 31.9 Å². The van der Waals surface area contributed by atoms with E-state index in [0.29, 0.717) is 9.79 Å². The van der Waals surface area contributed by atoms with Crippen molar-refractivity contribution in [2.45, 2.75) is 34.8 Å². The molecule has 0 saturated carbocycles. The molecule has 2 aliphatic heterocycles. The molecule has 2 aromatic rings. The van der Waals surface area contributed by atoms with Gasteiger partial charge in [0.25, 0.3) is 0 Å². The number of hydrogen-bond acceptors (Lipinski definition) is 12. The molecule has 0 aromatic heterocycles. The Labute approximate surface area is 279 Å². The summed E-state index contributed by atoms with van der Waals surface area (Å²) < 4.78 is 12.4. The summed E-state index contributed by atoms with van der Waals surface area (Å²) >= 11 is 8.83. The van der Waals surface area contributed by atoms with Crippen LogP contribution in [0.2, 0.25) is 0 Å². The number of carbonyl (C=O) groups is 6. The van der Waals surface area contributed by atoms with Crippen LogP contribution >= 0.6 is 55.4 Å². The van der Waals surface area contributed by atoms with Gasteiger partial charge in [-0.25, -0.2) is 9.80 Å². The lowest BCUT2D eigenvalue weighted by Crippen LogP contribution is -2.60. The Kier molecular flexibility index (Phi) is 12.0. The number of amides is 4. The minimum atomic E-state index is -1.17. The smallest absolute Gasteiger partial charge is 0.305 e. The van der Waals surface area contributed by atoms with E-state index < -0.39 is 46.7 Å². The average Bonchev–Trinajstić information content (AvgIpc) is 2.93. The highest BCUT2D eigenvalue weighted by atomic mass is 79.9. The summed E-state index contributed by atoms with van der Waals surface area (Å²) in [4.78, 5) is 82.4. The molecule has 12 nitrogen and oxygen atoms in total. The van der Waals surface area contributed by atoms with Crippen molar-refractivity contribution in [2.24, 2.45) is 0 Å². The number of carbonyl (C=O) groups excluding carboxylic acids is 6. The molecule has 2 fully saturated rings. The molecule has 4 rings (SSSR count). The number of nitrogens with zero attached hydrogens (tertiary/aromatic N) is 4. The molecule has 2 saturated heterocycles. The van der Waals surface area contributed by atoms with Crippen molar-refractivity contribution in [1.29, 1.82) is 0 Å². The van der Waals surface area contributed by atoms with Gasteiger partial charge in [-0.2, -0.15) is 0 Å². The molecule has 0 radical (unpaired) electrons. The van der Waals surface area contributed by atoms with Gasteiger partial charge < -0.3 is 9.47 Å². The van der Waals surface area contributed by atoms with Crippen LogP contribution in [0.25, 0.3) is 0 Å². The molecule has 2 atom stereocenters. The van der Waals surface area contributed by atoms with Crippen LogP contribution in [0.15, 0.2) is 67.3 Å². The zero-order chi connectivity index (χ0) is 32.0. The van der Waals surface area contributed by atoms with Gasteiger partial charge in [0.05, 0.1) is 26.2 Å². The molecule has 2 heterocycles. The number of thioether (sulfide) groups is 2. The molecular weight excluding hydrogens is 744 g/mol. The Morgan fingerprint density at radius 2 is 0.932 bits per heavy atom. The van der Waals surface area contributed by atoms with E-state index in [4.69, 9.17) is 9.47 Å². The van der Waals surface area contributed by atoms with E-state index in [-0.39, 0.29) is 39.3 Å². The number of esters is 2. The van der Waals surface area contributed by atoms with E-state index in [9.17, 15) is 28.8 Å². The van der Waals surface area contributed by atoms with Gasteiger partial charge in [-0.05, 0) is 48.5 Å². The highest BCUT2D eigenvalue weighted by molar-refractivity contribution is 9.10. The summed E-state index contributed by atoms with van der Waals surface area (Å²) in [6.45, 7) is 2.38. The topological polar surface area (TPSA) is 134 Å². The van der Waals surface area contributed by atoms with E-state index in [1.807, 2.05) is 0 Å². The maximum atomic E-state index is 13.1. The van der Waals surface area contributed by atoms with Crippen molar-refractivity contribution >= 4 is 91.0 Å². The van der Waals surface area contributed by atoms with Crippen LogP contribution in [-0.4, -0.2) is 106 Å². The first-order chi connectivity index (χ1) is 20.9. The first-order valence-corrected chi connectivity index (χ1v) is 16.6. The lowest BCUT2D eigenvalue weighted by molar-refractivity contribution is -0.169. The summed E-state index contributed by atoms with van der Waals surface area (Å²) in [7, 11) is 0. The van der Waals surface area contributed by atoms with Gasteiger partial charge in [-0.15, -0.1) is 0 Å². The van der Waals surface area contributed by atoms with Gasteiger partial charge in [-0.1, -0.05) is 55.4 Å². The number of imide groups is 2. The first-order valence-electron chi connectivity index (χ1n) is 13.2. The molecule has 2 unspecified atom stereocenters. The molecule has 0 N–H and O–H groups in total. The largest absolute Gasteiger partial charge is 0.431 e. The first kappa shape index (κ1) is 34.1. The molecule has 234 valence electrons. The molecular formula is C28H28Br2N4O8S2. The standard InChI is InChI=1S/C28H28Br2N4O8S2/c1-17(35)41-27(43-21-7-3-19(29)4-8-21)33-23(37)13-31(14-24(33)38)11-12-32-15-25(39)34(26(40)16-32)28(42-18(2)36)44-22-9-5-20(30)6-10-22/h3-10,27-28H,11-16H2,1-2H3. The Balaban J connectivity index is 1.34. The van der Waals surface area contributed by atoms with Crippen LogP contribution in [0.5, 0.6) is 0 Å². The van der Waals surface area contributed by atoms with Crippen molar-refractivity contribution in [3.05, 3.63) is 57.5 Å². The quantitative estimate of drug-likeness (QED) is 0.144. The summed E-state index contributed by atoms with van der Waals surface area (Å²) in [5.41, 5.74) is -2.33. The molecule has 0 spiro atoms. The van der Waals surface area contributed by atoms with Gasteiger partial charge in [0, 0.05) is 45.7 Å². The highest BCUT2D eigenvalue weighted by Crippen LogP contribution is 2.31. The van der Waals surface area contributed by atoms with Gasteiger partial charge in [-0.3, -0.25) is 38.6 Å². The fourth-order valence-electron chi connectivity index (χ4n) is 4.33. The summed E-state index contributed by atoms with van der Waals surface area (Å²) in [5, 5.41) is 0. The van der Waals surface area contributed by atoms with Crippen molar-refractivity contribution in [3.8, 4) is 0 Å². The number of halogens is 2. The lowest BCUT2D eigenvalue weighted by atomic mass is 10.2. The number of hydrogen-bond donors (Lipinski definition) is 0. The third-order valence-corrected chi connectivity index (χ3v) is 9.46. The van der Waals surface area contributed by atoms with Crippen molar-refractivity contribution in [3.63, 3.8) is 0 Å². The lowest BCUT2D eigenvalue weighted by Gasteiger charge is -2.38. The predicted molar refractivity (Wildman–Crippen MR) is 168 cm³/mol. The van der Waals surface area contributed by atoms with Crippen LogP contribution < -0.4 is 0 Å². The predicted octanol–water partition coefficient (Wildman–Crippen LogP) is 3.13. The van der Waals surface area contributed by atoms with Crippen molar-refractivity contribution < 1.29 is 38.2 Å². The SMILES string of the molecule is CC(=O)OC(Sc1ccc(Br)cc1)N1C(=O)CN(CCN2CC(=O)N(C(OC(C)=O)Sc3ccc(Br)cc3)C(=O)C2)CC1=O. The van der Waals surface area contributed by atoms with Crippen LogP contribution in [0, 0.1) is 0 Å². The van der Waals surface area contributed by atoms with E-state index in [0.717, 1.165) is 42.3 Å². The second-order valence-electron chi connectivity index (χ2n) is 9.71. The maximum absolute atomic E-state index is 13.1. The Morgan fingerprint density at radius 3 is 1.20 bits per heavy atom. The monoisotopic (exact) mass is 770 g/mol. The number of benzene rings is 2. The molecule has 0 bridgehead atoms. The summed E-state index contributed by atoms with van der Waals surface area (Å²) in [6.07, 6.45) is 0. The Hall–Kier alpha value is -2.76. The zero-order valence-corrected chi connectivity index (χ0v) is 28.4. The molecule has 2 aliphatic rings. The van der Waals surface area contributed by atoms with E-state index in [1.165, 1.54) is 13.8 Å². The number of piperazine rings is 2. The second-order valence-corrected chi connectivity index (χ2v) is 13.8. The van der Waals surface area contributed by atoms with Crippen LogP contribution in [0.1, 0.15) is 13.8 Å². The molecule has 4 amide bonds. The van der Waals surface area contributed by atoms with Gasteiger partial charge >= 0.3 is 11.9 Å². The Morgan fingerprint density at radius 1 is 0.636 bits per heavy atom. The number of rotatable bonds is 11. The third-order valence-electron chi connectivity index (χ3n) is 6.30. The van der Waals surface area contributed by atoms with Gasteiger partial charge in [0.1, 0.15) is 0 Å². The Bertz CT molecular complexity index is 1290. The molecule has 44 heavy (non-hydrogen) atoms. The van der Waals surface area contributed by atoms with Crippen LogP contribution in [0.3, 0.4) is 0 Å². The van der Waals surface area contributed by atoms with E-state index >= 15 is 0 Å². The van der Waals surface area contributed by atoms with Gasteiger partial charge in [0.15, 0.2) is 0 Å². The molecule has 0 aliphatic carbocycles. The van der Waals surface area contributed by atoms with Gasteiger partial charge in [0.2, 0.25) is 34.7 Å². The summed E-state index contributed by atoms with van der Waals surface area (Å²) in [6, 6.07) is 14.3. The second kappa shape index (κ2) is 15.5. The van der Waals surface area contributed by atoms with E-state index in [1.54, 1.807) is 58.3 Å². The highest BCUT2D eigenvalue weighted by Gasteiger charge is 2.40. The van der Waals surface area contributed by atoms with Crippen LogP contribution in [-0.2, 0) is 38.2 Å². The summed E-state index contributed by atoms with van der Waals surface area (Å²) in [5.74, 6) is -3.43. The molecule has 16 heteroatoms. The minimum Gasteiger partial charge on any atom is -0.431 e. The van der Waals surface area contributed by atoms with Crippen molar-refractivity contribution in [1.82, 2.24) is 19.6 Å². The normalized spacial score (nSPS) is 17.9. The van der Waals surface area contributed by atoms with Crippen LogP contribution in [0.4, 0.5) is 0 Å². The minimum absolute atomic E-state index is 0.120. The maximum Gasteiger partial charge on any atom is 0.305 e. The fourth-order valence-corrected chi connectivity index (χ4v) is 6.96. The van der Waals surface area contributed by atoms with Crippen molar-refractivity contribution in [2.75, 3.05) is 39.3 Å². The average molecular weight is 772 g/mol. The third kappa shape index (κ3) is 9.37. The fraction of sp³-hybridized carbons (Fsp3) is 0.357. The number of ether oxygens (including phenoxy) is 2. The molecule has 2 aromatic carbocycles. The zero-order valence-electron chi connectivity index (χ0n) is 23.6.